The van der Waals surface area contributed by atoms with Crippen LogP contribution in [0.2, 0.25) is 0 Å². The van der Waals surface area contributed by atoms with Crippen LogP contribution in [0.5, 0.6) is 0 Å². The van der Waals surface area contributed by atoms with E-state index in [1.54, 1.807) is 18.2 Å². The van der Waals surface area contributed by atoms with Crippen LogP contribution in [0, 0.1) is 0 Å². The molecule has 1 aromatic carbocycles. The highest BCUT2D eigenvalue weighted by Gasteiger charge is 2.15. The Balaban J connectivity index is 2.47. The van der Waals surface area contributed by atoms with Crippen LogP contribution in [0.4, 0.5) is 0 Å². The van der Waals surface area contributed by atoms with E-state index in [4.69, 9.17) is 0 Å². The highest BCUT2D eigenvalue weighted by molar-refractivity contribution is 6.10. The van der Waals surface area contributed by atoms with Gasteiger partial charge in [-0.1, -0.05) is 18.2 Å². The minimum atomic E-state index is -0.282. The standard InChI is InChI=1S/C13H7NO2/c15-11-3-1-2-8-4-6-10-9(13(8)11)5-7-12(16)14-10/h1-7H. The molecule has 1 aromatic rings. The predicted octanol–water partition coefficient (Wildman–Crippen LogP) is 0.393. The van der Waals surface area contributed by atoms with Crippen LogP contribution in [0.1, 0.15) is 15.9 Å². The van der Waals surface area contributed by atoms with Gasteiger partial charge >= 0.3 is 0 Å². The number of rotatable bonds is 0. The normalized spacial score (nSPS) is 16.2. The van der Waals surface area contributed by atoms with Gasteiger partial charge in [-0.2, -0.15) is 0 Å². The molecule has 3 nitrogen and oxygen atoms in total. The minimum Gasteiger partial charge on any atom is -0.289 e. The summed E-state index contributed by atoms with van der Waals surface area (Å²) in [6.07, 6.45) is 8.17. The van der Waals surface area contributed by atoms with Crippen molar-refractivity contribution in [3.8, 4) is 0 Å². The molecule has 76 valence electrons. The van der Waals surface area contributed by atoms with E-state index in [0.717, 1.165) is 10.8 Å². The predicted molar refractivity (Wildman–Crippen MR) is 59.2 cm³/mol. The van der Waals surface area contributed by atoms with Crippen LogP contribution in [0.3, 0.4) is 0 Å². The zero-order valence-corrected chi connectivity index (χ0v) is 8.31. The lowest BCUT2D eigenvalue weighted by Crippen LogP contribution is -2.26. The van der Waals surface area contributed by atoms with Crippen molar-refractivity contribution in [3.05, 3.63) is 52.1 Å². The molecule has 16 heavy (non-hydrogen) atoms. The van der Waals surface area contributed by atoms with Gasteiger partial charge < -0.3 is 0 Å². The van der Waals surface area contributed by atoms with Crippen molar-refractivity contribution >= 4 is 23.8 Å². The number of carbonyl (C=O) groups is 2. The third-order valence-electron chi connectivity index (χ3n) is 2.65. The van der Waals surface area contributed by atoms with E-state index in [-0.39, 0.29) is 11.7 Å². The molecule has 0 fully saturated rings. The first kappa shape index (κ1) is 8.97. The zero-order chi connectivity index (χ0) is 11.1. The maximum Gasteiger partial charge on any atom is 0.270 e. The Labute approximate surface area is 91.1 Å². The average Bonchev–Trinajstić information content (AvgIpc) is 2.29. The molecule has 0 aromatic heterocycles. The second kappa shape index (κ2) is 3.10. The maximum absolute atomic E-state index is 11.8. The molecule has 0 radical (unpaired) electrons. The molecule has 1 amide bonds. The fourth-order valence-corrected chi connectivity index (χ4v) is 1.94. The highest BCUT2D eigenvalue weighted by Crippen LogP contribution is 2.09. The number of carbonyl (C=O) groups excluding carboxylic acids is 2. The van der Waals surface area contributed by atoms with Crippen molar-refractivity contribution in [1.82, 2.24) is 0 Å². The summed E-state index contributed by atoms with van der Waals surface area (Å²) in [5, 5.41) is 1.45. The third-order valence-corrected chi connectivity index (χ3v) is 2.65. The van der Waals surface area contributed by atoms with E-state index in [2.05, 4.69) is 4.99 Å². The average molecular weight is 209 g/mol. The summed E-state index contributed by atoms with van der Waals surface area (Å²) in [6.45, 7) is 0. The molecule has 3 rings (SSSR count). The molecule has 0 unspecified atom stereocenters. The van der Waals surface area contributed by atoms with Gasteiger partial charge in [-0.25, -0.2) is 4.99 Å². The largest absolute Gasteiger partial charge is 0.289 e. The molecule has 0 bridgehead atoms. The summed E-state index contributed by atoms with van der Waals surface area (Å²) in [5.74, 6) is -0.321. The van der Waals surface area contributed by atoms with Gasteiger partial charge in [0.15, 0.2) is 5.78 Å². The fraction of sp³-hybridized carbons (Fsp3) is 0. The van der Waals surface area contributed by atoms with E-state index in [9.17, 15) is 9.59 Å². The second-order valence-electron chi connectivity index (χ2n) is 3.64. The Kier molecular flexibility index (Phi) is 1.74. The lowest BCUT2D eigenvalue weighted by Gasteiger charge is -2.09. The number of hydrogen-bond acceptors (Lipinski definition) is 2. The van der Waals surface area contributed by atoms with E-state index in [1.165, 1.54) is 12.2 Å². The van der Waals surface area contributed by atoms with E-state index in [0.29, 0.717) is 10.9 Å². The number of hydrogen-bond donors (Lipinski definition) is 0. The number of fused-ring (bicyclic) bond motifs is 3. The third kappa shape index (κ3) is 1.18. The van der Waals surface area contributed by atoms with Crippen molar-refractivity contribution in [2.75, 3.05) is 0 Å². The van der Waals surface area contributed by atoms with Crippen molar-refractivity contribution in [2.24, 2.45) is 4.99 Å². The quantitative estimate of drug-likeness (QED) is 0.620. The van der Waals surface area contributed by atoms with Gasteiger partial charge in [0.25, 0.3) is 5.91 Å². The molecule has 0 atom stereocenters. The van der Waals surface area contributed by atoms with Crippen LogP contribution >= 0.6 is 0 Å². The summed E-state index contributed by atoms with van der Waals surface area (Å²) in [4.78, 5) is 26.8. The van der Waals surface area contributed by atoms with Crippen LogP contribution < -0.4 is 10.6 Å². The SMILES string of the molecule is O=C1C=Cc2c3c(ccc2=N1)=CC=CC3=O. The fourth-order valence-electron chi connectivity index (χ4n) is 1.94. The lowest BCUT2D eigenvalue weighted by molar-refractivity contribution is -0.113. The van der Waals surface area contributed by atoms with Crippen molar-refractivity contribution < 1.29 is 9.59 Å². The van der Waals surface area contributed by atoms with Crippen molar-refractivity contribution in [3.63, 3.8) is 0 Å². The Hall–Kier alpha value is -2.29. The van der Waals surface area contributed by atoms with Gasteiger partial charge in [-0.15, -0.1) is 0 Å². The van der Waals surface area contributed by atoms with Crippen LogP contribution in [-0.2, 0) is 4.79 Å². The Morgan fingerprint density at radius 3 is 2.75 bits per heavy atom. The summed E-state index contributed by atoms with van der Waals surface area (Å²) in [5.41, 5.74) is 1.37. The van der Waals surface area contributed by atoms with Gasteiger partial charge in [0, 0.05) is 17.2 Å². The van der Waals surface area contributed by atoms with Crippen LogP contribution in [0.15, 0.2) is 35.4 Å². The Morgan fingerprint density at radius 2 is 1.88 bits per heavy atom. The van der Waals surface area contributed by atoms with E-state index < -0.39 is 0 Å². The number of allylic oxidation sites excluding steroid dienone is 2. The maximum atomic E-state index is 11.8. The molecule has 0 spiro atoms. The summed E-state index contributed by atoms with van der Waals surface area (Å²) < 4.78 is 0. The molecule has 0 saturated heterocycles. The molecule has 2 aliphatic rings. The van der Waals surface area contributed by atoms with Gasteiger partial charge in [0.2, 0.25) is 0 Å². The summed E-state index contributed by atoms with van der Waals surface area (Å²) in [7, 11) is 0. The van der Waals surface area contributed by atoms with Crippen molar-refractivity contribution in [2.45, 2.75) is 0 Å². The molecule has 0 N–H and O–H groups in total. The number of nitrogens with zero attached hydrogens (tertiary/aromatic N) is 1. The summed E-state index contributed by atoms with van der Waals surface area (Å²) >= 11 is 0. The molecular weight excluding hydrogens is 202 g/mol. The number of amides is 1. The first-order chi connectivity index (χ1) is 7.75. The highest BCUT2D eigenvalue weighted by atomic mass is 16.1. The Bertz CT molecular complexity index is 693. The zero-order valence-electron chi connectivity index (χ0n) is 8.31. The lowest BCUT2D eigenvalue weighted by atomic mass is 9.95. The van der Waals surface area contributed by atoms with E-state index >= 15 is 0 Å². The number of ketones is 1. The topological polar surface area (TPSA) is 46.5 Å². The smallest absolute Gasteiger partial charge is 0.270 e. The van der Waals surface area contributed by atoms with Gasteiger partial charge in [-0.3, -0.25) is 9.59 Å². The van der Waals surface area contributed by atoms with Gasteiger partial charge in [0.1, 0.15) is 0 Å². The minimum absolute atomic E-state index is 0.0384. The molecule has 1 heterocycles. The van der Waals surface area contributed by atoms with Crippen LogP contribution in [0.25, 0.3) is 12.2 Å². The molecular formula is C13H7NO2. The molecule has 0 saturated carbocycles. The van der Waals surface area contributed by atoms with E-state index in [1.807, 2.05) is 12.1 Å². The monoisotopic (exact) mass is 209 g/mol. The second-order valence-corrected chi connectivity index (χ2v) is 3.64. The summed E-state index contributed by atoms with van der Waals surface area (Å²) in [6, 6.07) is 3.57. The molecule has 1 aliphatic heterocycles. The first-order valence-electron chi connectivity index (χ1n) is 4.92. The molecule has 3 heteroatoms. The van der Waals surface area contributed by atoms with Gasteiger partial charge in [-0.05, 0) is 23.4 Å². The Morgan fingerprint density at radius 1 is 1.00 bits per heavy atom. The van der Waals surface area contributed by atoms with Crippen LogP contribution in [-0.4, -0.2) is 11.7 Å². The molecule has 1 aliphatic carbocycles. The van der Waals surface area contributed by atoms with Gasteiger partial charge in [0.05, 0.1) is 5.36 Å². The number of benzene rings is 1. The van der Waals surface area contributed by atoms with Crippen molar-refractivity contribution in [1.29, 1.82) is 0 Å². The first-order valence-corrected chi connectivity index (χ1v) is 4.92.